The lowest BCUT2D eigenvalue weighted by molar-refractivity contribution is -0.133. The predicted molar refractivity (Wildman–Crippen MR) is 53.1 cm³/mol. The van der Waals surface area contributed by atoms with Gasteiger partial charge in [-0.3, -0.25) is 9.59 Å². The third-order valence-corrected chi connectivity index (χ3v) is 2.57. The van der Waals surface area contributed by atoms with E-state index in [1.165, 1.54) is 6.92 Å². The second-order valence-electron chi connectivity index (χ2n) is 3.68. The van der Waals surface area contributed by atoms with Gasteiger partial charge in [0.15, 0.2) is 0 Å². The number of halogens is 2. The highest BCUT2D eigenvalue weighted by Crippen LogP contribution is 2.25. The van der Waals surface area contributed by atoms with Gasteiger partial charge >= 0.3 is 0 Å². The molecule has 84 valence electrons. The zero-order valence-electron chi connectivity index (χ0n) is 8.59. The van der Waals surface area contributed by atoms with Crippen molar-refractivity contribution in [3.63, 3.8) is 0 Å². The summed E-state index contributed by atoms with van der Waals surface area (Å²) in [5, 5.41) is 0. The van der Waals surface area contributed by atoms with Crippen LogP contribution in [0.2, 0.25) is 0 Å². The smallest absolute Gasteiger partial charge is 0.294 e. The first-order valence-electron chi connectivity index (χ1n) is 4.81. The molecule has 0 saturated carbocycles. The second-order valence-corrected chi connectivity index (χ2v) is 3.68. The SMILES string of the molecule is Cc1cc(F)c(N2CCC(=O)C2=O)cc1F. The molecule has 1 aliphatic rings. The van der Waals surface area contributed by atoms with Gasteiger partial charge in [-0.2, -0.15) is 0 Å². The van der Waals surface area contributed by atoms with E-state index in [4.69, 9.17) is 0 Å². The maximum absolute atomic E-state index is 13.5. The van der Waals surface area contributed by atoms with Gasteiger partial charge in [0.25, 0.3) is 5.91 Å². The molecule has 0 aromatic heterocycles. The molecule has 1 aromatic carbocycles. The molecule has 3 nitrogen and oxygen atoms in total. The molecule has 1 amide bonds. The average molecular weight is 225 g/mol. The summed E-state index contributed by atoms with van der Waals surface area (Å²) < 4.78 is 26.8. The van der Waals surface area contributed by atoms with Crippen molar-refractivity contribution in [3.05, 3.63) is 29.3 Å². The highest BCUT2D eigenvalue weighted by atomic mass is 19.1. The summed E-state index contributed by atoms with van der Waals surface area (Å²) >= 11 is 0. The number of amides is 1. The van der Waals surface area contributed by atoms with Crippen LogP contribution in [0.3, 0.4) is 0 Å². The molecule has 1 saturated heterocycles. The van der Waals surface area contributed by atoms with Crippen molar-refractivity contribution in [2.24, 2.45) is 0 Å². The van der Waals surface area contributed by atoms with Crippen molar-refractivity contribution in [2.75, 3.05) is 11.4 Å². The van der Waals surface area contributed by atoms with E-state index in [0.717, 1.165) is 17.0 Å². The Labute approximate surface area is 90.7 Å². The summed E-state index contributed by atoms with van der Waals surface area (Å²) in [7, 11) is 0. The third kappa shape index (κ3) is 1.58. The topological polar surface area (TPSA) is 37.4 Å². The van der Waals surface area contributed by atoms with Crippen LogP contribution in [0.25, 0.3) is 0 Å². The summed E-state index contributed by atoms with van der Waals surface area (Å²) in [6, 6.07) is 1.96. The van der Waals surface area contributed by atoms with Crippen LogP contribution in [0, 0.1) is 18.6 Å². The number of benzene rings is 1. The lowest BCUT2D eigenvalue weighted by Gasteiger charge is -2.16. The van der Waals surface area contributed by atoms with Crippen molar-refractivity contribution < 1.29 is 18.4 Å². The van der Waals surface area contributed by atoms with Crippen LogP contribution < -0.4 is 4.90 Å². The highest BCUT2D eigenvalue weighted by Gasteiger charge is 2.32. The molecule has 0 N–H and O–H groups in total. The van der Waals surface area contributed by atoms with E-state index in [9.17, 15) is 18.4 Å². The number of rotatable bonds is 1. The summed E-state index contributed by atoms with van der Waals surface area (Å²) in [5.41, 5.74) is -0.00169. The first-order chi connectivity index (χ1) is 7.50. The van der Waals surface area contributed by atoms with E-state index in [0.29, 0.717) is 0 Å². The molecule has 1 aliphatic heterocycles. The Balaban J connectivity index is 2.45. The number of ketones is 1. The fourth-order valence-electron chi connectivity index (χ4n) is 1.64. The van der Waals surface area contributed by atoms with E-state index in [2.05, 4.69) is 0 Å². The monoisotopic (exact) mass is 225 g/mol. The molecule has 16 heavy (non-hydrogen) atoms. The molecule has 0 aliphatic carbocycles. The van der Waals surface area contributed by atoms with E-state index in [-0.39, 0.29) is 24.2 Å². The first-order valence-corrected chi connectivity index (χ1v) is 4.81. The molecule has 1 heterocycles. The molecule has 0 bridgehead atoms. The third-order valence-electron chi connectivity index (χ3n) is 2.57. The van der Waals surface area contributed by atoms with Crippen molar-refractivity contribution in [2.45, 2.75) is 13.3 Å². The second kappa shape index (κ2) is 3.66. The number of hydrogen-bond acceptors (Lipinski definition) is 2. The summed E-state index contributed by atoms with van der Waals surface area (Å²) in [6.07, 6.45) is 0.0494. The molecule has 1 fully saturated rings. The van der Waals surface area contributed by atoms with Crippen LogP contribution in [0.1, 0.15) is 12.0 Å². The molecule has 2 rings (SSSR count). The van der Waals surface area contributed by atoms with Gasteiger partial charge in [0.05, 0.1) is 5.69 Å². The van der Waals surface area contributed by atoms with Crippen molar-refractivity contribution in [1.29, 1.82) is 0 Å². The quantitative estimate of drug-likeness (QED) is 0.680. The molecule has 0 spiro atoms. The molecule has 0 atom stereocenters. The zero-order valence-corrected chi connectivity index (χ0v) is 8.59. The highest BCUT2D eigenvalue weighted by molar-refractivity contribution is 6.43. The number of carbonyl (C=O) groups is 2. The first kappa shape index (κ1) is 10.7. The summed E-state index contributed by atoms with van der Waals surface area (Å²) in [5.74, 6) is -2.63. The molecular weight excluding hydrogens is 216 g/mol. The minimum Gasteiger partial charge on any atom is -0.302 e. The molecule has 1 aromatic rings. The molecule has 0 unspecified atom stereocenters. The standard InChI is InChI=1S/C11H9F2NO2/c1-6-4-8(13)9(5-7(6)12)14-3-2-10(15)11(14)16/h4-5H,2-3H2,1H3. The summed E-state index contributed by atoms with van der Waals surface area (Å²) in [6.45, 7) is 1.54. The van der Waals surface area contributed by atoms with Gasteiger partial charge in [-0.25, -0.2) is 8.78 Å². The number of nitrogens with zero attached hydrogens (tertiary/aromatic N) is 1. The van der Waals surface area contributed by atoms with Gasteiger partial charge in [0, 0.05) is 19.0 Å². The Morgan fingerprint density at radius 3 is 2.44 bits per heavy atom. The Morgan fingerprint density at radius 2 is 1.88 bits per heavy atom. The zero-order chi connectivity index (χ0) is 11.9. The van der Waals surface area contributed by atoms with Crippen LogP contribution in [0.15, 0.2) is 12.1 Å². The minimum atomic E-state index is -0.776. The van der Waals surface area contributed by atoms with E-state index >= 15 is 0 Å². The van der Waals surface area contributed by atoms with Gasteiger partial charge in [0.1, 0.15) is 11.6 Å². The van der Waals surface area contributed by atoms with Crippen LogP contribution >= 0.6 is 0 Å². The number of aryl methyl sites for hydroxylation is 1. The Morgan fingerprint density at radius 1 is 1.19 bits per heavy atom. The van der Waals surface area contributed by atoms with E-state index < -0.39 is 23.3 Å². The van der Waals surface area contributed by atoms with Crippen LogP contribution in [-0.4, -0.2) is 18.2 Å². The van der Waals surface area contributed by atoms with Crippen LogP contribution in [-0.2, 0) is 9.59 Å². The maximum Gasteiger partial charge on any atom is 0.294 e. The number of hydrogen-bond donors (Lipinski definition) is 0. The number of Topliss-reactive ketones (excluding diaryl/α,β-unsaturated/α-hetero) is 1. The summed E-state index contributed by atoms with van der Waals surface area (Å²) in [4.78, 5) is 23.3. The van der Waals surface area contributed by atoms with Gasteiger partial charge in [-0.05, 0) is 18.6 Å². The molecule has 5 heteroatoms. The van der Waals surface area contributed by atoms with Gasteiger partial charge in [0.2, 0.25) is 5.78 Å². The van der Waals surface area contributed by atoms with Crippen LogP contribution in [0.5, 0.6) is 0 Å². The number of carbonyl (C=O) groups excluding carboxylic acids is 2. The van der Waals surface area contributed by atoms with E-state index in [1.807, 2.05) is 0 Å². The molecule has 0 radical (unpaired) electrons. The average Bonchev–Trinajstić information content (AvgIpc) is 2.54. The number of anilines is 1. The lowest BCUT2D eigenvalue weighted by atomic mass is 10.2. The molecular formula is C11H9F2NO2. The van der Waals surface area contributed by atoms with Crippen molar-refractivity contribution >= 4 is 17.4 Å². The minimum absolute atomic E-state index is 0.0494. The normalized spacial score (nSPS) is 16.1. The van der Waals surface area contributed by atoms with Crippen molar-refractivity contribution in [1.82, 2.24) is 0 Å². The van der Waals surface area contributed by atoms with Gasteiger partial charge in [-0.15, -0.1) is 0 Å². The fraction of sp³-hybridized carbons (Fsp3) is 0.273. The van der Waals surface area contributed by atoms with E-state index in [1.54, 1.807) is 0 Å². The van der Waals surface area contributed by atoms with Gasteiger partial charge in [-0.1, -0.05) is 0 Å². The maximum atomic E-state index is 13.5. The Bertz CT molecular complexity index is 485. The lowest BCUT2D eigenvalue weighted by Crippen LogP contribution is -2.28. The largest absolute Gasteiger partial charge is 0.302 e. The van der Waals surface area contributed by atoms with Gasteiger partial charge < -0.3 is 4.90 Å². The fourth-order valence-corrected chi connectivity index (χ4v) is 1.64. The Hall–Kier alpha value is -1.78. The van der Waals surface area contributed by atoms with Crippen LogP contribution in [0.4, 0.5) is 14.5 Å². The Kier molecular flexibility index (Phi) is 2.46. The predicted octanol–water partition coefficient (Wildman–Crippen LogP) is 1.58. The van der Waals surface area contributed by atoms with Crippen molar-refractivity contribution in [3.8, 4) is 0 Å².